The Morgan fingerprint density at radius 3 is 1.54 bits per heavy atom. The van der Waals surface area contributed by atoms with Crippen molar-refractivity contribution in [3.8, 4) is 55.6 Å². The third kappa shape index (κ3) is 5.15. The molecule has 0 heteroatoms. The lowest BCUT2D eigenvalue weighted by molar-refractivity contribution is 0.968. The smallest absolute Gasteiger partial charge is 0.000730 e. The highest BCUT2D eigenvalue weighted by Gasteiger charge is 2.31. The van der Waals surface area contributed by atoms with Gasteiger partial charge >= 0.3 is 0 Å². The fourth-order valence-electron chi connectivity index (χ4n) is 13.4. The molecule has 0 radical (unpaired) electrons. The van der Waals surface area contributed by atoms with Crippen molar-refractivity contribution in [3.63, 3.8) is 0 Å². The van der Waals surface area contributed by atoms with Crippen LogP contribution in [0.1, 0.15) is 44.7 Å². The van der Waals surface area contributed by atoms with Crippen molar-refractivity contribution in [1.82, 2.24) is 0 Å². The Labute approximate surface area is 406 Å². The molecular weight excluding hydrogens is 841 g/mol. The number of hydrogen-bond acceptors (Lipinski definition) is 0. The molecule has 0 unspecified atom stereocenters. The summed E-state index contributed by atoms with van der Waals surface area (Å²) in [5, 5.41) is 24.5. The van der Waals surface area contributed by atoms with Gasteiger partial charge in [0.25, 0.3) is 0 Å². The number of fused-ring (bicyclic) bond motifs is 11. The van der Waals surface area contributed by atoms with E-state index in [2.05, 4.69) is 208 Å². The summed E-state index contributed by atoms with van der Waals surface area (Å²) in [6.45, 7) is 8.68. The molecule has 0 saturated heterocycles. The van der Waals surface area contributed by atoms with E-state index in [1.165, 1.54) is 174 Å². The molecule has 0 atom stereocenters. The summed E-state index contributed by atoms with van der Waals surface area (Å²) in [6, 6.07) is 69.6. The van der Waals surface area contributed by atoms with Crippen LogP contribution in [0.15, 0.2) is 200 Å². The fourth-order valence-corrected chi connectivity index (χ4v) is 13.4. The lowest BCUT2D eigenvalue weighted by atomic mass is 9.82. The van der Waals surface area contributed by atoms with E-state index in [4.69, 9.17) is 0 Å². The summed E-state index contributed by atoms with van der Waals surface area (Å²) in [5.74, 6) is 0. The standard InChI is InChI=1S/C68H42.C2H6/c1-37-13-9-11-19-43(37)61-60-36-58-52-28-27-49-55-33-41(39-15-5-3-6-16-39)21-23-45(55)47-25-26-51(65(52)63(47)49)57(58)35-59(60)62(44-20-12-10-14-38(44)2)68-54-32-30-50-56-34-42(40-17-7-4-8-18-40)22-24-46(56)48-29-31-53(67(61)68)66(54)64(48)50;1-2/h3-8,10-12,14-36H,9,13H2,1-2H3;1-2H3. The molecule has 70 heavy (non-hydrogen) atoms. The van der Waals surface area contributed by atoms with Crippen LogP contribution in [0.3, 0.4) is 0 Å². The van der Waals surface area contributed by atoms with Gasteiger partial charge in [0.05, 0.1) is 0 Å². The third-order valence-corrected chi connectivity index (χ3v) is 16.4. The average Bonchev–Trinajstić information content (AvgIpc) is 4.13. The van der Waals surface area contributed by atoms with Gasteiger partial charge in [-0.3, -0.25) is 0 Å². The molecule has 0 nitrogen and oxygen atoms in total. The second kappa shape index (κ2) is 14.6. The number of aryl methyl sites for hydroxylation is 1. The van der Waals surface area contributed by atoms with Crippen LogP contribution in [-0.2, 0) is 0 Å². The Balaban J connectivity index is 0.00000218. The Morgan fingerprint density at radius 1 is 0.314 bits per heavy atom. The van der Waals surface area contributed by atoms with E-state index in [0.29, 0.717) is 0 Å². The topological polar surface area (TPSA) is 0 Å². The lowest BCUT2D eigenvalue weighted by Gasteiger charge is -2.21. The second-order valence-electron chi connectivity index (χ2n) is 19.8. The van der Waals surface area contributed by atoms with Gasteiger partial charge in [-0.05, 0) is 220 Å². The molecule has 0 N–H and O–H groups in total. The largest absolute Gasteiger partial charge is 0.0836 e. The summed E-state index contributed by atoms with van der Waals surface area (Å²) in [7, 11) is 0. The van der Waals surface area contributed by atoms with Gasteiger partial charge in [0.2, 0.25) is 0 Å². The van der Waals surface area contributed by atoms with Crippen molar-refractivity contribution in [2.45, 2.75) is 40.5 Å². The van der Waals surface area contributed by atoms with Gasteiger partial charge in [-0.2, -0.15) is 0 Å². The van der Waals surface area contributed by atoms with E-state index in [-0.39, 0.29) is 0 Å². The summed E-state index contributed by atoms with van der Waals surface area (Å²) >= 11 is 0. The van der Waals surface area contributed by atoms with Gasteiger partial charge in [0.15, 0.2) is 0 Å². The number of allylic oxidation sites excluding steroid dienone is 4. The molecule has 0 amide bonds. The zero-order valence-corrected chi connectivity index (χ0v) is 39.9. The first-order valence-electron chi connectivity index (χ1n) is 25.3. The molecule has 0 saturated carbocycles. The van der Waals surface area contributed by atoms with Gasteiger partial charge in [-0.1, -0.05) is 189 Å². The molecule has 16 rings (SSSR count). The van der Waals surface area contributed by atoms with Crippen molar-refractivity contribution < 1.29 is 0 Å². The molecule has 3 aliphatic rings. The van der Waals surface area contributed by atoms with Gasteiger partial charge in [0, 0.05) is 0 Å². The van der Waals surface area contributed by atoms with Gasteiger partial charge < -0.3 is 0 Å². The third-order valence-electron chi connectivity index (χ3n) is 16.4. The van der Waals surface area contributed by atoms with Crippen LogP contribution in [-0.4, -0.2) is 0 Å². The Kier molecular flexibility index (Phi) is 8.27. The van der Waals surface area contributed by atoms with Crippen LogP contribution in [0.4, 0.5) is 0 Å². The molecule has 0 spiro atoms. The quantitative estimate of drug-likeness (QED) is 0.165. The minimum Gasteiger partial charge on any atom is -0.0836 e. The summed E-state index contributed by atoms with van der Waals surface area (Å²) in [4.78, 5) is 0. The highest BCUT2D eigenvalue weighted by Crippen LogP contribution is 2.58. The van der Waals surface area contributed by atoms with Crippen LogP contribution in [0.5, 0.6) is 0 Å². The number of hydrogen-bond donors (Lipinski definition) is 0. The average molecular weight is 889 g/mol. The van der Waals surface area contributed by atoms with Gasteiger partial charge in [-0.25, -0.2) is 0 Å². The van der Waals surface area contributed by atoms with E-state index < -0.39 is 0 Å². The zero-order valence-electron chi connectivity index (χ0n) is 39.9. The van der Waals surface area contributed by atoms with Crippen molar-refractivity contribution in [2.24, 2.45) is 0 Å². The molecule has 13 aromatic rings. The monoisotopic (exact) mass is 888 g/mol. The minimum absolute atomic E-state index is 1.07. The molecule has 13 aromatic carbocycles. The Hall–Kier alpha value is -8.32. The van der Waals surface area contributed by atoms with Gasteiger partial charge in [0.1, 0.15) is 0 Å². The van der Waals surface area contributed by atoms with Crippen molar-refractivity contribution in [2.75, 3.05) is 0 Å². The molecule has 0 aromatic heterocycles. The molecule has 0 bridgehead atoms. The summed E-state index contributed by atoms with van der Waals surface area (Å²) in [5.41, 5.74) is 18.6. The highest BCUT2D eigenvalue weighted by molar-refractivity contribution is 6.43. The molecule has 328 valence electrons. The first kappa shape index (κ1) is 39.7. The highest BCUT2D eigenvalue weighted by atomic mass is 14.3. The van der Waals surface area contributed by atoms with Crippen LogP contribution in [0.2, 0.25) is 0 Å². The normalized spacial score (nSPS) is 13.5. The van der Waals surface area contributed by atoms with E-state index in [1.54, 1.807) is 0 Å². The molecule has 0 heterocycles. The van der Waals surface area contributed by atoms with Crippen molar-refractivity contribution >= 4 is 81.0 Å². The van der Waals surface area contributed by atoms with Gasteiger partial charge in [-0.15, -0.1) is 0 Å². The van der Waals surface area contributed by atoms with E-state index in [1.807, 2.05) is 13.8 Å². The number of rotatable bonds is 4. The Morgan fingerprint density at radius 2 is 0.857 bits per heavy atom. The minimum atomic E-state index is 1.07. The molecular formula is C70H48. The zero-order chi connectivity index (χ0) is 46.5. The maximum absolute atomic E-state index is 2.61. The SMILES string of the molecule is CC.CC1=C(c2c3cc4c(cc3c(-c3ccccc3C)c3c5ccc6c7c(ccc(c23)c75)-c2ccc(-c3ccccc3)cc2-6)c2ccc3c5c(ccc4c52)=c2cc(-c4ccccc4)ccc2=3)C=CCC1. The summed E-state index contributed by atoms with van der Waals surface area (Å²) in [6.07, 6.45) is 7.01. The lowest BCUT2D eigenvalue weighted by Crippen LogP contribution is -1.97. The van der Waals surface area contributed by atoms with Crippen LogP contribution < -0.4 is 0 Å². The van der Waals surface area contributed by atoms with E-state index >= 15 is 0 Å². The molecule has 0 aliphatic heterocycles. The molecule has 0 fully saturated rings. The van der Waals surface area contributed by atoms with Crippen molar-refractivity contribution in [3.05, 3.63) is 232 Å². The number of benzene rings is 11. The predicted molar refractivity (Wildman–Crippen MR) is 301 cm³/mol. The maximum atomic E-state index is 2.61. The van der Waals surface area contributed by atoms with Crippen LogP contribution in [0.25, 0.3) is 137 Å². The van der Waals surface area contributed by atoms with E-state index in [9.17, 15) is 0 Å². The summed E-state index contributed by atoms with van der Waals surface area (Å²) < 4.78 is 0. The van der Waals surface area contributed by atoms with Crippen LogP contribution >= 0.6 is 0 Å². The first-order chi connectivity index (χ1) is 34.6. The second-order valence-corrected chi connectivity index (χ2v) is 19.8. The predicted octanol–water partition coefficient (Wildman–Crippen LogP) is 19.6. The van der Waals surface area contributed by atoms with Crippen molar-refractivity contribution in [1.29, 1.82) is 0 Å². The van der Waals surface area contributed by atoms with E-state index in [0.717, 1.165) is 12.8 Å². The maximum Gasteiger partial charge on any atom is -0.000730 e. The molecule has 3 aliphatic carbocycles. The first-order valence-corrected chi connectivity index (χ1v) is 25.3. The van der Waals surface area contributed by atoms with Crippen LogP contribution in [0, 0.1) is 27.8 Å². The Bertz CT molecular complexity index is 4700. The fraction of sp³-hybridized carbons (Fsp3) is 0.0857.